The zero-order valence-corrected chi connectivity index (χ0v) is 18.1. The van der Waals surface area contributed by atoms with Crippen molar-refractivity contribution in [1.29, 1.82) is 0 Å². The number of hydrogen-bond donors (Lipinski definition) is 1. The lowest BCUT2D eigenvalue weighted by molar-refractivity contribution is -0.131. The summed E-state index contributed by atoms with van der Waals surface area (Å²) in [6.07, 6.45) is 4.76. The molecule has 162 valence electrons. The number of piperidine rings is 1. The molecule has 0 atom stereocenters. The maximum atomic E-state index is 13.2. The van der Waals surface area contributed by atoms with E-state index in [1.165, 1.54) is 23.6 Å². The molecule has 1 N–H and O–H groups in total. The Morgan fingerprint density at radius 1 is 0.966 bits per heavy atom. The van der Waals surface area contributed by atoms with Crippen molar-refractivity contribution in [2.75, 3.05) is 58.9 Å². The van der Waals surface area contributed by atoms with Crippen molar-refractivity contribution in [1.82, 2.24) is 19.4 Å². The summed E-state index contributed by atoms with van der Waals surface area (Å²) >= 11 is 0. The molecule has 0 radical (unpaired) electrons. The van der Waals surface area contributed by atoms with Gasteiger partial charge in [-0.25, -0.2) is 8.42 Å². The molecule has 1 amide bonds. The SMILES string of the molecule is O=C(CCN(CCCN1CCCCC1)S(=O)(=O)c1ccccc1)N1CCNCC1. The van der Waals surface area contributed by atoms with E-state index >= 15 is 0 Å². The number of amides is 1. The first-order valence-electron chi connectivity index (χ1n) is 10.8. The Bertz CT molecular complexity index is 730. The molecule has 0 saturated carbocycles. The topological polar surface area (TPSA) is 73.0 Å². The Labute approximate surface area is 175 Å². The summed E-state index contributed by atoms with van der Waals surface area (Å²) in [5.41, 5.74) is 0. The van der Waals surface area contributed by atoms with E-state index < -0.39 is 10.0 Å². The van der Waals surface area contributed by atoms with E-state index in [1.807, 2.05) is 11.0 Å². The van der Waals surface area contributed by atoms with Crippen LogP contribution in [-0.2, 0) is 14.8 Å². The highest BCUT2D eigenvalue weighted by Gasteiger charge is 2.26. The molecule has 0 spiro atoms. The van der Waals surface area contributed by atoms with Gasteiger partial charge in [0.15, 0.2) is 0 Å². The smallest absolute Gasteiger partial charge is 0.243 e. The van der Waals surface area contributed by atoms with Crippen molar-refractivity contribution in [2.45, 2.75) is 37.0 Å². The van der Waals surface area contributed by atoms with Crippen molar-refractivity contribution in [2.24, 2.45) is 0 Å². The third-order valence-corrected chi connectivity index (χ3v) is 7.67. The molecule has 1 aromatic carbocycles. The van der Waals surface area contributed by atoms with Crippen molar-refractivity contribution >= 4 is 15.9 Å². The summed E-state index contributed by atoms with van der Waals surface area (Å²) in [5, 5.41) is 3.23. The van der Waals surface area contributed by atoms with Crippen LogP contribution in [0.25, 0.3) is 0 Å². The highest BCUT2D eigenvalue weighted by Crippen LogP contribution is 2.17. The van der Waals surface area contributed by atoms with Crippen LogP contribution in [0, 0.1) is 0 Å². The maximum absolute atomic E-state index is 13.2. The predicted octanol–water partition coefficient (Wildman–Crippen LogP) is 1.38. The van der Waals surface area contributed by atoms with Crippen LogP contribution in [0.15, 0.2) is 35.2 Å². The van der Waals surface area contributed by atoms with Gasteiger partial charge in [-0.1, -0.05) is 24.6 Å². The van der Waals surface area contributed by atoms with Gasteiger partial charge in [0.05, 0.1) is 4.90 Å². The number of nitrogens with zero attached hydrogens (tertiary/aromatic N) is 3. The van der Waals surface area contributed by atoms with Gasteiger partial charge in [0, 0.05) is 45.7 Å². The Morgan fingerprint density at radius 2 is 1.66 bits per heavy atom. The Hall–Kier alpha value is -1.48. The molecule has 8 heteroatoms. The first-order chi connectivity index (χ1) is 14.1. The lowest BCUT2D eigenvalue weighted by Gasteiger charge is -2.30. The number of likely N-dealkylation sites (tertiary alicyclic amines) is 1. The van der Waals surface area contributed by atoms with Crippen LogP contribution in [-0.4, -0.2) is 87.3 Å². The Morgan fingerprint density at radius 3 is 2.34 bits per heavy atom. The van der Waals surface area contributed by atoms with Crippen molar-refractivity contribution in [3.05, 3.63) is 30.3 Å². The van der Waals surface area contributed by atoms with Gasteiger partial charge in [-0.3, -0.25) is 4.79 Å². The summed E-state index contributed by atoms with van der Waals surface area (Å²) in [6.45, 7) is 6.79. The van der Waals surface area contributed by atoms with Gasteiger partial charge in [0.2, 0.25) is 15.9 Å². The third kappa shape index (κ3) is 6.50. The first kappa shape index (κ1) is 22.2. The number of rotatable bonds is 9. The molecular formula is C21H34N4O3S. The summed E-state index contributed by atoms with van der Waals surface area (Å²) in [5.74, 6) is 0.0378. The molecule has 29 heavy (non-hydrogen) atoms. The molecule has 3 rings (SSSR count). The van der Waals surface area contributed by atoms with E-state index in [4.69, 9.17) is 0 Å². The van der Waals surface area contributed by atoms with Crippen LogP contribution in [0.1, 0.15) is 32.1 Å². The van der Waals surface area contributed by atoms with Gasteiger partial charge in [0.25, 0.3) is 0 Å². The van der Waals surface area contributed by atoms with Crippen molar-refractivity contribution in [3.63, 3.8) is 0 Å². The van der Waals surface area contributed by atoms with E-state index in [-0.39, 0.29) is 18.9 Å². The molecule has 2 aliphatic rings. The fourth-order valence-electron chi connectivity index (χ4n) is 4.04. The minimum absolute atomic E-state index is 0.0378. The first-order valence-corrected chi connectivity index (χ1v) is 12.3. The van der Waals surface area contributed by atoms with Crippen LogP contribution in [0.5, 0.6) is 0 Å². The van der Waals surface area contributed by atoms with Crippen LogP contribution in [0.2, 0.25) is 0 Å². The van der Waals surface area contributed by atoms with Crippen LogP contribution < -0.4 is 5.32 Å². The molecule has 2 aliphatic heterocycles. The number of nitrogens with one attached hydrogen (secondary N) is 1. The number of carbonyl (C=O) groups is 1. The van der Waals surface area contributed by atoms with E-state index in [0.717, 1.165) is 39.1 Å². The summed E-state index contributed by atoms with van der Waals surface area (Å²) in [4.78, 5) is 17.1. The minimum atomic E-state index is -3.60. The molecule has 0 aliphatic carbocycles. The zero-order valence-electron chi connectivity index (χ0n) is 17.3. The van der Waals surface area contributed by atoms with Gasteiger partial charge in [-0.2, -0.15) is 4.31 Å². The van der Waals surface area contributed by atoms with E-state index in [1.54, 1.807) is 24.3 Å². The molecule has 2 fully saturated rings. The normalized spacial score (nSPS) is 18.9. The fraction of sp³-hybridized carbons (Fsp3) is 0.667. The average molecular weight is 423 g/mol. The molecule has 2 heterocycles. The predicted molar refractivity (Wildman–Crippen MR) is 114 cm³/mol. The second-order valence-corrected chi connectivity index (χ2v) is 9.79. The summed E-state index contributed by atoms with van der Waals surface area (Å²) < 4.78 is 27.9. The number of hydrogen-bond acceptors (Lipinski definition) is 5. The van der Waals surface area contributed by atoms with Crippen LogP contribution >= 0.6 is 0 Å². The minimum Gasteiger partial charge on any atom is -0.340 e. The van der Waals surface area contributed by atoms with Crippen molar-refractivity contribution < 1.29 is 13.2 Å². The molecule has 0 aromatic heterocycles. The highest BCUT2D eigenvalue weighted by atomic mass is 32.2. The fourth-order valence-corrected chi connectivity index (χ4v) is 5.54. The summed E-state index contributed by atoms with van der Waals surface area (Å²) in [7, 11) is -3.60. The average Bonchev–Trinajstić information content (AvgIpc) is 2.77. The molecular weight excluding hydrogens is 388 g/mol. The number of benzene rings is 1. The van der Waals surface area contributed by atoms with E-state index in [2.05, 4.69) is 10.2 Å². The highest BCUT2D eigenvalue weighted by molar-refractivity contribution is 7.89. The number of sulfonamides is 1. The van der Waals surface area contributed by atoms with Gasteiger partial charge >= 0.3 is 0 Å². The molecule has 0 unspecified atom stereocenters. The Balaban J connectivity index is 1.61. The van der Waals surface area contributed by atoms with E-state index in [9.17, 15) is 13.2 Å². The second kappa shape index (κ2) is 11.1. The quantitative estimate of drug-likeness (QED) is 0.651. The van der Waals surface area contributed by atoms with Gasteiger partial charge in [-0.05, 0) is 51.0 Å². The second-order valence-electron chi connectivity index (χ2n) is 7.85. The molecule has 2 saturated heterocycles. The number of carbonyl (C=O) groups excluding carboxylic acids is 1. The maximum Gasteiger partial charge on any atom is 0.243 e. The van der Waals surface area contributed by atoms with Crippen LogP contribution in [0.4, 0.5) is 0 Å². The standard InChI is InChI=1S/C21H34N4O3S/c26-21(24-18-11-22-12-19-24)10-17-25(16-7-15-23-13-5-2-6-14-23)29(27,28)20-8-3-1-4-9-20/h1,3-4,8-9,22H,2,5-7,10-19H2. The zero-order chi connectivity index (χ0) is 20.5. The lowest BCUT2D eigenvalue weighted by Crippen LogP contribution is -2.47. The van der Waals surface area contributed by atoms with Gasteiger partial charge < -0.3 is 15.1 Å². The van der Waals surface area contributed by atoms with E-state index in [0.29, 0.717) is 24.5 Å². The lowest BCUT2D eigenvalue weighted by atomic mass is 10.1. The van der Waals surface area contributed by atoms with Crippen LogP contribution in [0.3, 0.4) is 0 Å². The van der Waals surface area contributed by atoms with Crippen molar-refractivity contribution in [3.8, 4) is 0 Å². The summed E-state index contributed by atoms with van der Waals surface area (Å²) in [6, 6.07) is 8.55. The molecule has 1 aromatic rings. The monoisotopic (exact) mass is 422 g/mol. The number of piperazine rings is 1. The molecule has 7 nitrogen and oxygen atoms in total. The largest absolute Gasteiger partial charge is 0.340 e. The Kier molecular flexibility index (Phi) is 8.47. The third-order valence-electron chi connectivity index (χ3n) is 5.76. The molecule has 0 bridgehead atoms. The van der Waals surface area contributed by atoms with Gasteiger partial charge in [-0.15, -0.1) is 0 Å². The van der Waals surface area contributed by atoms with Gasteiger partial charge in [0.1, 0.15) is 0 Å².